The van der Waals surface area contributed by atoms with Crippen LogP contribution in [0, 0.1) is 0 Å². The zero-order chi connectivity index (χ0) is 4.41. The molecule has 0 radical (unpaired) electrons. The van der Waals surface area contributed by atoms with E-state index in [2.05, 4.69) is 22.6 Å². The molecule has 0 aromatic carbocycles. The number of hydrogen-bond donors (Lipinski definition) is 0. The first-order valence-corrected chi connectivity index (χ1v) is 3.63. The Hall–Kier alpha value is 0.690. The lowest BCUT2D eigenvalue weighted by Gasteiger charge is -1.78. The second-order valence-corrected chi connectivity index (χ2v) is 2.51. The molecule has 36 valence electrons. The standard InChI is InChI=1S/C4H7IO/c5-2-1-4-3-6-4/h4H,1-3H2. The third kappa shape index (κ3) is 1.43. The van der Waals surface area contributed by atoms with Crippen molar-refractivity contribution in [3.05, 3.63) is 0 Å². The van der Waals surface area contributed by atoms with Crippen molar-refractivity contribution in [1.29, 1.82) is 0 Å². The summed E-state index contributed by atoms with van der Waals surface area (Å²) in [5.41, 5.74) is 0. The lowest BCUT2D eigenvalue weighted by molar-refractivity contribution is 0.405. The van der Waals surface area contributed by atoms with E-state index in [1.165, 1.54) is 10.8 Å². The summed E-state index contributed by atoms with van der Waals surface area (Å²) in [4.78, 5) is 0. The summed E-state index contributed by atoms with van der Waals surface area (Å²) in [6.07, 6.45) is 1.89. The highest BCUT2D eigenvalue weighted by molar-refractivity contribution is 14.1. The van der Waals surface area contributed by atoms with E-state index in [1.54, 1.807) is 0 Å². The molecular formula is C4H7IO. The largest absolute Gasteiger partial charge is 0.373 e. The van der Waals surface area contributed by atoms with E-state index in [9.17, 15) is 0 Å². The molecule has 2 heteroatoms. The van der Waals surface area contributed by atoms with Gasteiger partial charge < -0.3 is 4.74 Å². The monoisotopic (exact) mass is 198 g/mol. The highest BCUT2D eigenvalue weighted by atomic mass is 127. The lowest BCUT2D eigenvalue weighted by Crippen LogP contribution is -1.82. The Morgan fingerprint density at radius 2 is 2.50 bits per heavy atom. The van der Waals surface area contributed by atoms with Gasteiger partial charge in [-0.2, -0.15) is 0 Å². The molecule has 1 aliphatic heterocycles. The first-order valence-electron chi connectivity index (χ1n) is 2.11. The van der Waals surface area contributed by atoms with Crippen LogP contribution in [0.3, 0.4) is 0 Å². The molecule has 1 atom stereocenters. The van der Waals surface area contributed by atoms with Gasteiger partial charge in [-0.05, 0) is 6.42 Å². The van der Waals surface area contributed by atoms with Crippen LogP contribution in [-0.4, -0.2) is 17.1 Å². The molecule has 0 aliphatic carbocycles. The molecule has 1 nitrogen and oxygen atoms in total. The van der Waals surface area contributed by atoms with E-state index in [4.69, 9.17) is 4.74 Å². The topological polar surface area (TPSA) is 12.5 Å². The Morgan fingerprint density at radius 3 is 2.67 bits per heavy atom. The summed E-state index contributed by atoms with van der Waals surface area (Å²) in [6.45, 7) is 1.02. The minimum atomic E-state index is 0.641. The van der Waals surface area contributed by atoms with Crippen LogP contribution < -0.4 is 0 Å². The average molecular weight is 198 g/mol. The fourth-order valence-corrected chi connectivity index (χ4v) is 1.05. The molecule has 0 saturated carbocycles. The fraction of sp³-hybridized carbons (Fsp3) is 1.00. The summed E-state index contributed by atoms with van der Waals surface area (Å²) in [5.74, 6) is 0. The molecule has 1 aliphatic rings. The average Bonchev–Trinajstić information content (AvgIpc) is 2.21. The van der Waals surface area contributed by atoms with Crippen LogP contribution >= 0.6 is 22.6 Å². The first-order chi connectivity index (χ1) is 2.93. The molecule has 1 fully saturated rings. The maximum absolute atomic E-state index is 4.94. The van der Waals surface area contributed by atoms with E-state index >= 15 is 0 Å². The molecule has 1 heterocycles. The normalized spacial score (nSPS) is 30.5. The van der Waals surface area contributed by atoms with Crippen LogP contribution in [0.1, 0.15) is 6.42 Å². The molecule has 0 bridgehead atoms. The van der Waals surface area contributed by atoms with Crippen molar-refractivity contribution in [1.82, 2.24) is 0 Å². The minimum Gasteiger partial charge on any atom is -0.373 e. The van der Waals surface area contributed by atoms with Crippen LogP contribution in [0.25, 0.3) is 0 Å². The Kier molecular flexibility index (Phi) is 1.71. The van der Waals surface area contributed by atoms with E-state index < -0.39 is 0 Å². The van der Waals surface area contributed by atoms with Crippen molar-refractivity contribution in [2.24, 2.45) is 0 Å². The Bertz CT molecular complexity index is 42.8. The van der Waals surface area contributed by atoms with Gasteiger partial charge in [0.15, 0.2) is 0 Å². The zero-order valence-corrected chi connectivity index (χ0v) is 5.64. The first kappa shape index (κ1) is 4.84. The number of rotatable bonds is 2. The third-order valence-electron chi connectivity index (χ3n) is 0.833. The SMILES string of the molecule is ICCC1CO1. The highest BCUT2D eigenvalue weighted by Gasteiger charge is 2.20. The second kappa shape index (κ2) is 2.12. The molecule has 1 rings (SSSR count). The number of hydrogen-bond acceptors (Lipinski definition) is 1. The van der Waals surface area contributed by atoms with E-state index in [0.717, 1.165) is 6.61 Å². The van der Waals surface area contributed by atoms with E-state index in [1.807, 2.05) is 0 Å². The van der Waals surface area contributed by atoms with Crippen molar-refractivity contribution in [3.8, 4) is 0 Å². The summed E-state index contributed by atoms with van der Waals surface area (Å²) in [7, 11) is 0. The van der Waals surface area contributed by atoms with Crippen molar-refractivity contribution in [2.75, 3.05) is 11.0 Å². The Morgan fingerprint density at radius 1 is 1.83 bits per heavy atom. The van der Waals surface area contributed by atoms with Gasteiger partial charge in [-0.3, -0.25) is 0 Å². The van der Waals surface area contributed by atoms with Gasteiger partial charge in [0.2, 0.25) is 0 Å². The van der Waals surface area contributed by atoms with Crippen molar-refractivity contribution >= 4 is 22.6 Å². The molecule has 0 N–H and O–H groups in total. The molecule has 0 spiro atoms. The van der Waals surface area contributed by atoms with Gasteiger partial charge in [-0.25, -0.2) is 0 Å². The maximum atomic E-state index is 4.94. The molecule has 0 aromatic rings. The van der Waals surface area contributed by atoms with Crippen LogP contribution in [0.2, 0.25) is 0 Å². The molecule has 0 aromatic heterocycles. The number of alkyl halides is 1. The van der Waals surface area contributed by atoms with Gasteiger partial charge in [-0.1, -0.05) is 22.6 Å². The van der Waals surface area contributed by atoms with Crippen molar-refractivity contribution < 1.29 is 4.74 Å². The van der Waals surface area contributed by atoms with E-state index in [-0.39, 0.29) is 0 Å². The fourth-order valence-electron chi connectivity index (χ4n) is 0.356. The van der Waals surface area contributed by atoms with Crippen LogP contribution in [0.15, 0.2) is 0 Å². The van der Waals surface area contributed by atoms with Gasteiger partial charge >= 0.3 is 0 Å². The maximum Gasteiger partial charge on any atom is 0.0817 e. The van der Waals surface area contributed by atoms with Gasteiger partial charge in [0, 0.05) is 4.43 Å². The quantitative estimate of drug-likeness (QED) is 0.369. The smallest absolute Gasteiger partial charge is 0.0817 e. The van der Waals surface area contributed by atoms with Crippen LogP contribution in [-0.2, 0) is 4.74 Å². The zero-order valence-electron chi connectivity index (χ0n) is 3.48. The van der Waals surface area contributed by atoms with Gasteiger partial charge in [0.25, 0.3) is 0 Å². The third-order valence-corrected chi connectivity index (χ3v) is 1.46. The minimum absolute atomic E-state index is 0.641. The van der Waals surface area contributed by atoms with Gasteiger partial charge in [-0.15, -0.1) is 0 Å². The van der Waals surface area contributed by atoms with Gasteiger partial charge in [0.1, 0.15) is 0 Å². The predicted octanol–water partition coefficient (Wildman–Crippen LogP) is 1.21. The molecule has 1 saturated heterocycles. The van der Waals surface area contributed by atoms with Crippen molar-refractivity contribution in [3.63, 3.8) is 0 Å². The Balaban J connectivity index is 1.88. The highest BCUT2D eigenvalue weighted by Crippen LogP contribution is 2.13. The van der Waals surface area contributed by atoms with Crippen molar-refractivity contribution in [2.45, 2.75) is 12.5 Å². The lowest BCUT2D eigenvalue weighted by atomic mass is 10.4. The predicted molar refractivity (Wildman–Crippen MR) is 33.2 cm³/mol. The number of epoxide rings is 1. The Labute approximate surface area is 51.2 Å². The molecular weight excluding hydrogens is 191 g/mol. The molecule has 6 heavy (non-hydrogen) atoms. The second-order valence-electron chi connectivity index (χ2n) is 1.43. The van der Waals surface area contributed by atoms with Crippen LogP contribution in [0.5, 0.6) is 0 Å². The van der Waals surface area contributed by atoms with Gasteiger partial charge in [0.05, 0.1) is 12.7 Å². The summed E-state index contributed by atoms with van der Waals surface area (Å²) in [5, 5.41) is 0. The van der Waals surface area contributed by atoms with Crippen LogP contribution in [0.4, 0.5) is 0 Å². The number of ether oxygens (including phenoxy) is 1. The molecule has 0 amide bonds. The summed E-state index contributed by atoms with van der Waals surface area (Å²) >= 11 is 2.36. The molecule has 1 unspecified atom stereocenters. The number of halogens is 1. The summed E-state index contributed by atoms with van der Waals surface area (Å²) < 4.78 is 6.18. The summed E-state index contributed by atoms with van der Waals surface area (Å²) in [6, 6.07) is 0. The van der Waals surface area contributed by atoms with E-state index in [0.29, 0.717) is 6.10 Å².